The number of benzene rings is 2. The van der Waals surface area contributed by atoms with E-state index in [2.05, 4.69) is 66.1 Å². The summed E-state index contributed by atoms with van der Waals surface area (Å²) in [4.78, 5) is 5.40. The van der Waals surface area contributed by atoms with Crippen LogP contribution in [0.5, 0.6) is 0 Å². The van der Waals surface area contributed by atoms with Gasteiger partial charge in [0.15, 0.2) is 0 Å². The Bertz CT molecular complexity index is 722. The summed E-state index contributed by atoms with van der Waals surface area (Å²) in [5, 5.41) is 1.24. The lowest BCUT2D eigenvalue weighted by atomic mass is 10.0. The summed E-state index contributed by atoms with van der Waals surface area (Å²) in [6.45, 7) is 0. The van der Waals surface area contributed by atoms with Gasteiger partial charge < -0.3 is 0 Å². The molecule has 0 atom stereocenters. The lowest BCUT2D eigenvalue weighted by Crippen LogP contribution is -1.92. The van der Waals surface area contributed by atoms with Crippen molar-refractivity contribution in [3.8, 4) is 0 Å². The maximum Gasteiger partial charge on any atom is 0.0837 e. The first-order valence-electron chi connectivity index (χ1n) is 7.44. The van der Waals surface area contributed by atoms with Crippen LogP contribution in [0.2, 0.25) is 0 Å². The van der Waals surface area contributed by atoms with E-state index in [1.165, 1.54) is 29.4 Å². The number of hydrogen-bond donors (Lipinski definition) is 1. The molecule has 0 aliphatic heterocycles. The Labute approximate surface area is 131 Å². The molecule has 3 rings (SSSR count). The van der Waals surface area contributed by atoms with Gasteiger partial charge in [0, 0.05) is 16.5 Å². The number of rotatable bonds is 5. The molecule has 2 aromatic carbocycles. The molecule has 1 heterocycles. The average molecular weight is 293 g/mol. The fraction of sp³-hybridized carbons (Fsp3) is 0.211. The van der Waals surface area contributed by atoms with E-state index in [0.717, 1.165) is 23.3 Å². The lowest BCUT2D eigenvalue weighted by molar-refractivity contribution is 0.736. The number of nitrogens with zero attached hydrogens (tertiary/aromatic N) is 1. The van der Waals surface area contributed by atoms with Crippen LogP contribution in [0.25, 0.3) is 10.9 Å². The third-order valence-electron chi connectivity index (χ3n) is 3.84. The second kappa shape index (κ2) is 6.77. The molecule has 0 amide bonds. The zero-order chi connectivity index (χ0) is 14.5. The highest BCUT2D eigenvalue weighted by Crippen LogP contribution is 2.23. The molecule has 1 nitrogen and oxygen atoms in total. The Morgan fingerprint density at radius 2 is 1.62 bits per heavy atom. The fourth-order valence-corrected chi connectivity index (χ4v) is 2.99. The van der Waals surface area contributed by atoms with E-state index in [9.17, 15) is 0 Å². The van der Waals surface area contributed by atoms with Crippen molar-refractivity contribution < 1.29 is 0 Å². The van der Waals surface area contributed by atoms with Crippen molar-refractivity contribution >= 4 is 23.5 Å². The topological polar surface area (TPSA) is 12.9 Å². The minimum Gasteiger partial charge on any atom is -0.255 e. The molecule has 0 bridgehead atoms. The summed E-state index contributed by atoms with van der Waals surface area (Å²) in [5.74, 6) is 0. The molecule has 0 aliphatic carbocycles. The van der Waals surface area contributed by atoms with Crippen molar-refractivity contribution in [1.29, 1.82) is 0 Å². The standard InChI is InChI=1S/C19H19NS/c21-18-12-6-11-17-16(13-14-20-19(17)18)10-5-4-9-15-7-2-1-3-8-15/h1-3,6-8,11-14,21H,4-5,9-10H2. The maximum absolute atomic E-state index is 4.49. The molecule has 0 N–H and O–H groups in total. The number of aromatic nitrogens is 1. The Morgan fingerprint density at radius 3 is 2.48 bits per heavy atom. The molecular weight excluding hydrogens is 274 g/mol. The summed E-state index contributed by atoms with van der Waals surface area (Å²) in [6.07, 6.45) is 6.57. The van der Waals surface area contributed by atoms with E-state index < -0.39 is 0 Å². The second-order valence-electron chi connectivity index (χ2n) is 5.34. The third-order valence-corrected chi connectivity index (χ3v) is 4.21. The van der Waals surface area contributed by atoms with Crippen LogP contribution in [-0.2, 0) is 12.8 Å². The molecule has 0 aliphatic rings. The van der Waals surface area contributed by atoms with Crippen LogP contribution in [0.1, 0.15) is 24.0 Å². The third kappa shape index (κ3) is 3.45. The number of hydrogen-bond acceptors (Lipinski definition) is 2. The van der Waals surface area contributed by atoms with Crippen molar-refractivity contribution in [2.24, 2.45) is 0 Å². The van der Waals surface area contributed by atoms with Gasteiger partial charge in [-0.15, -0.1) is 12.6 Å². The van der Waals surface area contributed by atoms with Crippen LogP contribution in [0.15, 0.2) is 65.7 Å². The molecule has 0 unspecified atom stereocenters. The van der Waals surface area contributed by atoms with Crippen LogP contribution in [0.4, 0.5) is 0 Å². The second-order valence-corrected chi connectivity index (χ2v) is 5.82. The van der Waals surface area contributed by atoms with Gasteiger partial charge in [-0.2, -0.15) is 0 Å². The van der Waals surface area contributed by atoms with Gasteiger partial charge in [0.25, 0.3) is 0 Å². The van der Waals surface area contributed by atoms with Gasteiger partial charge in [0.2, 0.25) is 0 Å². The van der Waals surface area contributed by atoms with Crippen LogP contribution in [0, 0.1) is 0 Å². The summed E-state index contributed by atoms with van der Waals surface area (Å²) < 4.78 is 0. The highest BCUT2D eigenvalue weighted by atomic mass is 32.1. The largest absolute Gasteiger partial charge is 0.255 e. The van der Waals surface area contributed by atoms with Crippen molar-refractivity contribution in [2.75, 3.05) is 0 Å². The first-order chi connectivity index (χ1) is 10.3. The van der Waals surface area contributed by atoms with E-state index in [-0.39, 0.29) is 0 Å². The molecular formula is C19H19NS. The van der Waals surface area contributed by atoms with Crippen molar-refractivity contribution in [1.82, 2.24) is 4.98 Å². The van der Waals surface area contributed by atoms with Gasteiger partial charge in [0.05, 0.1) is 5.52 Å². The zero-order valence-corrected chi connectivity index (χ0v) is 12.9. The molecule has 106 valence electrons. The van der Waals surface area contributed by atoms with E-state index >= 15 is 0 Å². The average Bonchev–Trinajstić information content (AvgIpc) is 2.53. The maximum atomic E-state index is 4.49. The quantitative estimate of drug-likeness (QED) is 0.511. The molecule has 1 aromatic heterocycles. The molecule has 2 heteroatoms. The van der Waals surface area contributed by atoms with E-state index in [1.807, 2.05) is 12.3 Å². The highest BCUT2D eigenvalue weighted by Gasteiger charge is 2.04. The smallest absolute Gasteiger partial charge is 0.0837 e. The Kier molecular flexibility index (Phi) is 4.56. The molecule has 21 heavy (non-hydrogen) atoms. The first kappa shape index (κ1) is 14.2. The van der Waals surface area contributed by atoms with Crippen molar-refractivity contribution in [3.63, 3.8) is 0 Å². The van der Waals surface area contributed by atoms with E-state index in [1.54, 1.807) is 0 Å². The number of para-hydroxylation sites is 1. The monoisotopic (exact) mass is 293 g/mol. The Morgan fingerprint density at radius 1 is 0.810 bits per heavy atom. The summed E-state index contributed by atoms with van der Waals surface area (Å²) in [6, 6.07) is 19.0. The number of fused-ring (bicyclic) bond motifs is 1. The number of aryl methyl sites for hydroxylation is 2. The molecule has 3 aromatic rings. The predicted molar refractivity (Wildman–Crippen MR) is 92.1 cm³/mol. The highest BCUT2D eigenvalue weighted by molar-refractivity contribution is 7.80. The molecule has 0 spiro atoms. The molecule has 0 saturated carbocycles. The van der Waals surface area contributed by atoms with Crippen molar-refractivity contribution in [2.45, 2.75) is 30.6 Å². The van der Waals surface area contributed by atoms with Gasteiger partial charge in [-0.3, -0.25) is 4.98 Å². The predicted octanol–water partition coefficient (Wildman–Crippen LogP) is 5.09. The van der Waals surface area contributed by atoms with Gasteiger partial charge in [0.1, 0.15) is 0 Å². The fourth-order valence-electron chi connectivity index (χ4n) is 2.72. The SMILES string of the molecule is Sc1cccc2c(CCCCc3ccccc3)ccnc12. The van der Waals surface area contributed by atoms with E-state index in [4.69, 9.17) is 0 Å². The van der Waals surface area contributed by atoms with Gasteiger partial charge >= 0.3 is 0 Å². The summed E-state index contributed by atoms with van der Waals surface area (Å²) in [5.41, 5.74) is 3.82. The summed E-state index contributed by atoms with van der Waals surface area (Å²) >= 11 is 4.49. The minimum atomic E-state index is 0.957. The van der Waals surface area contributed by atoms with Crippen LogP contribution < -0.4 is 0 Å². The summed E-state index contributed by atoms with van der Waals surface area (Å²) in [7, 11) is 0. The number of thiol groups is 1. The van der Waals surface area contributed by atoms with Crippen molar-refractivity contribution in [3.05, 3.63) is 71.9 Å². The lowest BCUT2D eigenvalue weighted by Gasteiger charge is -2.07. The van der Waals surface area contributed by atoms with Crippen LogP contribution in [-0.4, -0.2) is 4.98 Å². The zero-order valence-electron chi connectivity index (χ0n) is 12.0. The number of unbranched alkanes of at least 4 members (excludes halogenated alkanes) is 1. The Balaban J connectivity index is 1.65. The molecule has 0 fully saturated rings. The molecule has 0 radical (unpaired) electrons. The van der Waals surface area contributed by atoms with Gasteiger partial charge in [-0.25, -0.2) is 0 Å². The number of pyridine rings is 1. The van der Waals surface area contributed by atoms with Gasteiger partial charge in [-0.05, 0) is 48.9 Å². The molecule has 0 saturated heterocycles. The van der Waals surface area contributed by atoms with Crippen LogP contribution >= 0.6 is 12.6 Å². The van der Waals surface area contributed by atoms with Crippen LogP contribution in [0.3, 0.4) is 0 Å². The minimum absolute atomic E-state index is 0.957. The van der Waals surface area contributed by atoms with Gasteiger partial charge in [-0.1, -0.05) is 42.5 Å². The normalized spacial score (nSPS) is 10.9. The first-order valence-corrected chi connectivity index (χ1v) is 7.89. The Hall–Kier alpha value is -1.80. The van der Waals surface area contributed by atoms with E-state index in [0.29, 0.717) is 0 Å².